The summed E-state index contributed by atoms with van der Waals surface area (Å²) in [5.74, 6) is -0.287. The van der Waals surface area contributed by atoms with Crippen molar-refractivity contribution in [3.63, 3.8) is 0 Å². The lowest BCUT2D eigenvalue weighted by Crippen LogP contribution is -2.41. The minimum absolute atomic E-state index is 0.0935. The normalized spacial score (nSPS) is 15.3. The van der Waals surface area contributed by atoms with Gasteiger partial charge >= 0.3 is 6.09 Å². The van der Waals surface area contributed by atoms with Gasteiger partial charge in [-0.25, -0.2) is 9.69 Å². The molecule has 0 radical (unpaired) electrons. The topological polar surface area (TPSA) is 58.6 Å². The fourth-order valence-corrected chi connectivity index (χ4v) is 1.84. The Morgan fingerprint density at radius 3 is 2.68 bits per heavy atom. The number of hydrogen-bond acceptors (Lipinski definition) is 4. The molecule has 19 heavy (non-hydrogen) atoms. The monoisotopic (exact) mass is 262 g/mol. The number of para-hydroxylation sites is 1. The van der Waals surface area contributed by atoms with Crippen LogP contribution >= 0.6 is 0 Å². The van der Waals surface area contributed by atoms with Gasteiger partial charge in [0, 0.05) is 5.69 Å². The molecule has 1 aromatic rings. The minimum Gasteiger partial charge on any atom is -0.443 e. The Hall–Kier alpha value is -2.04. The van der Waals surface area contributed by atoms with Crippen molar-refractivity contribution in [2.75, 3.05) is 11.9 Å². The molecular weight excluding hydrogens is 244 g/mol. The molecule has 5 heteroatoms. The maximum absolute atomic E-state index is 12.0. The van der Waals surface area contributed by atoms with Gasteiger partial charge in [0.05, 0.1) is 13.1 Å². The van der Waals surface area contributed by atoms with Crippen molar-refractivity contribution in [3.8, 4) is 0 Å². The maximum Gasteiger partial charge on any atom is 0.417 e. The number of ether oxygens (including phenoxy) is 1. The quantitative estimate of drug-likeness (QED) is 0.780. The van der Waals surface area contributed by atoms with E-state index in [2.05, 4.69) is 5.32 Å². The maximum atomic E-state index is 12.0. The SMILES string of the molecule is CC(C)(C)OC(=O)N1Cc2ccccc2NCC1=O. The van der Waals surface area contributed by atoms with Crippen LogP contribution in [0.1, 0.15) is 26.3 Å². The Morgan fingerprint density at radius 1 is 1.32 bits per heavy atom. The third-order valence-electron chi connectivity index (χ3n) is 2.69. The second kappa shape index (κ2) is 4.91. The van der Waals surface area contributed by atoms with Crippen LogP contribution in [-0.2, 0) is 16.1 Å². The molecule has 1 N–H and O–H groups in total. The van der Waals surface area contributed by atoms with E-state index in [4.69, 9.17) is 4.74 Å². The molecule has 0 unspecified atom stereocenters. The van der Waals surface area contributed by atoms with Crippen LogP contribution in [-0.4, -0.2) is 29.0 Å². The lowest BCUT2D eigenvalue weighted by Gasteiger charge is -2.25. The van der Waals surface area contributed by atoms with Gasteiger partial charge in [0.15, 0.2) is 0 Å². The van der Waals surface area contributed by atoms with Crippen molar-refractivity contribution in [3.05, 3.63) is 29.8 Å². The summed E-state index contributed by atoms with van der Waals surface area (Å²) in [4.78, 5) is 25.2. The van der Waals surface area contributed by atoms with Crippen molar-refractivity contribution in [1.29, 1.82) is 0 Å². The lowest BCUT2D eigenvalue weighted by atomic mass is 10.2. The van der Waals surface area contributed by atoms with E-state index in [1.807, 2.05) is 24.3 Å². The molecule has 0 spiro atoms. The van der Waals surface area contributed by atoms with E-state index >= 15 is 0 Å². The van der Waals surface area contributed by atoms with E-state index in [9.17, 15) is 9.59 Å². The third kappa shape index (κ3) is 3.24. The molecule has 2 rings (SSSR count). The summed E-state index contributed by atoms with van der Waals surface area (Å²) < 4.78 is 5.26. The number of imide groups is 1. The van der Waals surface area contributed by atoms with E-state index in [1.165, 1.54) is 0 Å². The average molecular weight is 262 g/mol. The number of hydrogen-bond donors (Lipinski definition) is 1. The molecule has 0 atom stereocenters. The zero-order valence-corrected chi connectivity index (χ0v) is 11.4. The van der Waals surface area contributed by atoms with Gasteiger partial charge in [0.2, 0.25) is 0 Å². The Bertz CT molecular complexity index is 506. The first-order valence-corrected chi connectivity index (χ1v) is 6.22. The number of rotatable bonds is 0. The first kappa shape index (κ1) is 13.4. The van der Waals surface area contributed by atoms with E-state index in [-0.39, 0.29) is 19.0 Å². The summed E-state index contributed by atoms with van der Waals surface area (Å²) in [6.07, 6.45) is -0.601. The van der Waals surface area contributed by atoms with Gasteiger partial charge in [-0.3, -0.25) is 4.79 Å². The van der Waals surface area contributed by atoms with E-state index in [0.717, 1.165) is 16.2 Å². The molecule has 0 aliphatic carbocycles. The first-order chi connectivity index (χ1) is 8.87. The number of benzene rings is 1. The molecule has 0 bridgehead atoms. The highest BCUT2D eigenvalue weighted by Gasteiger charge is 2.29. The smallest absolute Gasteiger partial charge is 0.417 e. The highest BCUT2D eigenvalue weighted by atomic mass is 16.6. The zero-order chi connectivity index (χ0) is 14.0. The lowest BCUT2D eigenvalue weighted by molar-refractivity contribution is -0.128. The number of carbonyl (C=O) groups excluding carboxylic acids is 2. The minimum atomic E-state index is -0.614. The Balaban J connectivity index is 2.21. The summed E-state index contributed by atoms with van der Waals surface area (Å²) >= 11 is 0. The molecule has 0 saturated heterocycles. The van der Waals surface area contributed by atoms with Crippen LogP contribution in [0.15, 0.2) is 24.3 Å². The summed E-state index contributed by atoms with van der Waals surface area (Å²) in [5.41, 5.74) is 1.16. The summed E-state index contributed by atoms with van der Waals surface area (Å²) in [6.45, 7) is 5.66. The van der Waals surface area contributed by atoms with E-state index < -0.39 is 11.7 Å². The van der Waals surface area contributed by atoms with Gasteiger partial charge in [-0.05, 0) is 32.4 Å². The Labute approximate surface area is 112 Å². The number of nitrogens with one attached hydrogen (secondary N) is 1. The summed E-state index contributed by atoms with van der Waals surface area (Å²) in [7, 11) is 0. The van der Waals surface area contributed by atoms with Gasteiger partial charge in [0.1, 0.15) is 5.60 Å². The molecule has 2 amide bonds. The van der Waals surface area contributed by atoms with Gasteiger partial charge in [-0.15, -0.1) is 0 Å². The van der Waals surface area contributed by atoms with Gasteiger partial charge in [-0.2, -0.15) is 0 Å². The molecule has 1 aliphatic heterocycles. The second-order valence-corrected chi connectivity index (χ2v) is 5.47. The molecule has 1 aromatic carbocycles. The van der Waals surface area contributed by atoms with Crippen molar-refractivity contribution in [2.24, 2.45) is 0 Å². The number of fused-ring (bicyclic) bond motifs is 1. The number of anilines is 1. The number of amides is 2. The summed E-state index contributed by atoms with van der Waals surface area (Å²) in [6, 6.07) is 7.54. The van der Waals surface area contributed by atoms with Gasteiger partial charge < -0.3 is 10.1 Å². The fraction of sp³-hybridized carbons (Fsp3) is 0.429. The molecule has 0 saturated carbocycles. The molecule has 1 aliphatic rings. The molecule has 5 nitrogen and oxygen atoms in total. The molecule has 102 valence electrons. The van der Waals surface area contributed by atoms with Crippen molar-refractivity contribution in [1.82, 2.24) is 4.90 Å². The van der Waals surface area contributed by atoms with Gasteiger partial charge in [0.25, 0.3) is 5.91 Å². The molecular formula is C14H18N2O3. The van der Waals surface area contributed by atoms with E-state index in [0.29, 0.717) is 0 Å². The van der Waals surface area contributed by atoms with Crippen LogP contribution in [0, 0.1) is 0 Å². The Morgan fingerprint density at radius 2 is 2.00 bits per heavy atom. The standard InChI is InChI=1S/C14H18N2O3/c1-14(2,3)19-13(18)16-9-10-6-4-5-7-11(10)15-8-12(16)17/h4-7,15H,8-9H2,1-3H3. The van der Waals surface area contributed by atoms with Crippen LogP contribution in [0.5, 0.6) is 0 Å². The fourth-order valence-electron chi connectivity index (χ4n) is 1.84. The number of nitrogens with zero attached hydrogens (tertiary/aromatic N) is 1. The van der Waals surface area contributed by atoms with Crippen molar-refractivity contribution in [2.45, 2.75) is 32.9 Å². The summed E-state index contributed by atoms with van der Waals surface area (Å²) in [5, 5.41) is 3.02. The van der Waals surface area contributed by atoms with Crippen LogP contribution in [0.2, 0.25) is 0 Å². The zero-order valence-electron chi connectivity index (χ0n) is 11.4. The molecule has 0 fully saturated rings. The van der Waals surface area contributed by atoms with Crippen molar-refractivity contribution < 1.29 is 14.3 Å². The van der Waals surface area contributed by atoms with Crippen LogP contribution in [0.4, 0.5) is 10.5 Å². The average Bonchev–Trinajstić information content (AvgIpc) is 2.47. The van der Waals surface area contributed by atoms with Crippen LogP contribution in [0.3, 0.4) is 0 Å². The predicted octanol–water partition coefficient (Wildman–Crippen LogP) is 2.38. The largest absolute Gasteiger partial charge is 0.443 e. The first-order valence-electron chi connectivity index (χ1n) is 6.22. The second-order valence-electron chi connectivity index (χ2n) is 5.47. The van der Waals surface area contributed by atoms with Crippen LogP contribution < -0.4 is 5.32 Å². The predicted molar refractivity (Wildman–Crippen MR) is 71.7 cm³/mol. The molecule has 0 aromatic heterocycles. The Kier molecular flexibility index (Phi) is 3.46. The third-order valence-corrected chi connectivity index (χ3v) is 2.69. The van der Waals surface area contributed by atoms with Crippen LogP contribution in [0.25, 0.3) is 0 Å². The molecule has 1 heterocycles. The number of carbonyl (C=O) groups is 2. The highest BCUT2D eigenvalue weighted by Crippen LogP contribution is 2.21. The van der Waals surface area contributed by atoms with Crippen molar-refractivity contribution >= 4 is 17.7 Å². The highest BCUT2D eigenvalue weighted by molar-refractivity contribution is 5.95. The van der Waals surface area contributed by atoms with Gasteiger partial charge in [-0.1, -0.05) is 18.2 Å². The van der Waals surface area contributed by atoms with E-state index in [1.54, 1.807) is 20.8 Å².